The van der Waals surface area contributed by atoms with Gasteiger partial charge in [-0.15, -0.1) is 0 Å². The van der Waals surface area contributed by atoms with E-state index in [4.69, 9.17) is 10.1 Å². The molecule has 3 nitrogen and oxygen atoms in total. The van der Waals surface area contributed by atoms with Gasteiger partial charge in [-0.25, -0.2) is 9.67 Å². The predicted molar refractivity (Wildman–Crippen MR) is 111 cm³/mol. The van der Waals surface area contributed by atoms with Crippen LogP contribution in [0, 0.1) is 20.8 Å². The van der Waals surface area contributed by atoms with Crippen molar-refractivity contribution in [2.75, 3.05) is 0 Å². The highest BCUT2D eigenvalue weighted by Crippen LogP contribution is 2.40. The van der Waals surface area contributed by atoms with Crippen molar-refractivity contribution in [2.24, 2.45) is 0 Å². The molecular weight excluding hydrogens is 330 g/mol. The maximum absolute atomic E-state index is 5.09. The topological polar surface area (TPSA) is 30.7 Å². The van der Waals surface area contributed by atoms with Gasteiger partial charge in [0.05, 0.1) is 16.8 Å². The van der Waals surface area contributed by atoms with Gasteiger partial charge in [-0.3, -0.25) is 0 Å². The van der Waals surface area contributed by atoms with Gasteiger partial charge in [0.15, 0.2) is 5.65 Å². The predicted octanol–water partition coefficient (Wildman–Crippen LogP) is 5.50. The molecule has 0 aliphatic heterocycles. The summed E-state index contributed by atoms with van der Waals surface area (Å²) in [6.07, 6.45) is 3.35. The van der Waals surface area contributed by atoms with E-state index in [9.17, 15) is 0 Å². The van der Waals surface area contributed by atoms with Crippen LogP contribution >= 0.6 is 0 Å². The number of fused-ring (bicyclic) bond motifs is 2. The zero-order valence-electron chi connectivity index (χ0n) is 16.1. The van der Waals surface area contributed by atoms with Gasteiger partial charge in [-0.2, -0.15) is 5.10 Å². The van der Waals surface area contributed by atoms with Crippen molar-refractivity contribution < 1.29 is 0 Å². The van der Waals surface area contributed by atoms with Crippen molar-refractivity contribution in [3.8, 4) is 16.8 Å². The molecule has 1 aliphatic carbocycles. The van der Waals surface area contributed by atoms with Crippen LogP contribution in [0.5, 0.6) is 0 Å². The van der Waals surface area contributed by atoms with Crippen molar-refractivity contribution in [2.45, 2.75) is 40.0 Å². The van der Waals surface area contributed by atoms with E-state index in [0.717, 1.165) is 29.9 Å². The number of aryl methyl sites for hydroxylation is 3. The molecule has 0 saturated carbocycles. The molecule has 2 aromatic heterocycles. The van der Waals surface area contributed by atoms with Gasteiger partial charge in [0, 0.05) is 5.69 Å². The van der Waals surface area contributed by atoms with Crippen LogP contribution < -0.4 is 0 Å². The Balaban J connectivity index is 1.91. The number of benzene rings is 2. The van der Waals surface area contributed by atoms with E-state index in [1.54, 1.807) is 0 Å². The Morgan fingerprint density at radius 2 is 1.70 bits per heavy atom. The van der Waals surface area contributed by atoms with Crippen LogP contribution in [0.4, 0.5) is 0 Å². The second kappa shape index (κ2) is 6.05. The molecule has 0 bridgehead atoms. The molecule has 134 valence electrons. The first-order valence-electron chi connectivity index (χ1n) is 9.68. The van der Waals surface area contributed by atoms with Gasteiger partial charge in [-0.1, -0.05) is 36.4 Å². The first-order valence-corrected chi connectivity index (χ1v) is 9.68. The Kier molecular flexibility index (Phi) is 3.64. The number of hydrogen-bond donors (Lipinski definition) is 0. The van der Waals surface area contributed by atoms with Gasteiger partial charge < -0.3 is 0 Å². The maximum atomic E-state index is 5.09. The Hall–Kier alpha value is -2.94. The van der Waals surface area contributed by atoms with Crippen molar-refractivity contribution >= 4 is 11.0 Å². The number of para-hydroxylation sites is 1. The van der Waals surface area contributed by atoms with E-state index in [-0.39, 0.29) is 0 Å². The Morgan fingerprint density at radius 1 is 0.889 bits per heavy atom. The Bertz CT molecular complexity index is 1170. The number of nitrogens with zero attached hydrogens (tertiary/aromatic N) is 3. The molecule has 3 heteroatoms. The summed E-state index contributed by atoms with van der Waals surface area (Å²) in [5.74, 6) is 0. The molecule has 2 heterocycles. The zero-order chi connectivity index (χ0) is 18.5. The van der Waals surface area contributed by atoms with Gasteiger partial charge in [0.25, 0.3) is 0 Å². The van der Waals surface area contributed by atoms with Crippen molar-refractivity contribution in [1.29, 1.82) is 0 Å². The summed E-state index contributed by atoms with van der Waals surface area (Å²) in [6, 6.07) is 17.0. The standard InChI is InChI=1S/C24H23N3/c1-15-9-7-12-19(16(15)2)23-20-13-8-14-21(20)25-24-22(23)17(3)26-27(24)18-10-5-4-6-11-18/h4-7,9-12H,8,13-14H2,1-3H3. The highest BCUT2D eigenvalue weighted by Gasteiger charge is 2.25. The summed E-state index contributed by atoms with van der Waals surface area (Å²) >= 11 is 0. The van der Waals surface area contributed by atoms with Crippen LogP contribution in [-0.2, 0) is 12.8 Å². The smallest absolute Gasteiger partial charge is 0.164 e. The first-order chi connectivity index (χ1) is 13.1. The quantitative estimate of drug-likeness (QED) is 0.476. The first kappa shape index (κ1) is 16.2. The number of hydrogen-bond acceptors (Lipinski definition) is 2. The molecular formula is C24H23N3. The lowest BCUT2D eigenvalue weighted by molar-refractivity contribution is 0.866. The minimum absolute atomic E-state index is 0.982. The van der Waals surface area contributed by atoms with E-state index in [1.807, 2.05) is 10.7 Å². The van der Waals surface area contributed by atoms with Crippen LogP contribution in [0.1, 0.15) is 34.5 Å². The second-order valence-corrected chi connectivity index (χ2v) is 7.54. The minimum atomic E-state index is 0.982. The molecule has 5 rings (SSSR count). The fourth-order valence-electron chi connectivity index (χ4n) is 4.38. The SMILES string of the molecule is Cc1cccc(-c2c3c(nc4c2c(C)nn4-c2ccccc2)CCC3)c1C. The van der Waals surface area contributed by atoms with Crippen LogP contribution in [0.15, 0.2) is 48.5 Å². The second-order valence-electron chi connectivity index (χ2n) is 7.54. The maximum Gasteiger partial charge on any atom is 0.164 e. The molecule has 27 heavy (non-hydrogen) atoms. The highest BCUT2D eigenvalue weighted by molar-refractivity contribution is 5.98. The van der Waals surface area contributed by atoms with E-state index >= 15 is 0 Å². The lowest BCUT2D eigenvalue weighted by atomic mass is 9.91. The summed E-state index contributed by atoms with van der Waals surface area (Å²) in [5.41, 5.74) is 11.1. The third kappa shape index (κ3) is 2.42. The third-order valence-electron chi connectivity index (χ3n) is 5.89. The number of rotatable bonds is 2. The number of pyridine rings is 1. The van der Waals surface area contributed by atoms with Gasteiger partial charge >= 0.3 is 0 Å². The molecule has 1 aliphatic rings. The monoisotopic (exact) mass is 353 g/mol. The third-order valence-corrected chi connectivity index (χ3v) is 5.89. The summed E-state index contributed by atoms with van der Waals surface area (Å²) < 4.78 is 2.01. The molecule has 0 amide bonds. The zero-order valence-corrected chi connectivity index (χ0v) is 16.1. The largest absolute Gasteiger partial charge is 0.233 e. The lowest BCUT2D eigenvalue weighted by Crippen LogP contribution is -2.01. The average molecular weight is 353 g/mol. The van der Waals surface area contributed by atoms with Crippen LogP contribution in [0.3, 0.4) is 0 Å². The molecule has 2 aromatic carbocycles. The molecule has 0 saturated heterocycles. The van der Waals surface area contributed by atoms with Gasteiger partial charge in [0.1, 0.15) is 0 Å². The summed E-state index contributed by atoms with van der Waals surface area (Å²) in [5, 5.41) is 6.10. The fourth-order valence-corrected chi connectivity index (χ4v) is 4.38. The van der Waals surface area contributed by atoms with Gasteiger partial charge in [0.2, 0.25) is 0 Å². The molecule has 4 aromatic rings. The Labute approximate surface area is 159 Å². The molecule has 0 radical (unpaired) electrons. The minimum Gasteiger partial charge on any atom is -0.233 e. The molecule has 0 unspecified atom stereocenters. The summed E-state index contributed by atoms with van der Waals surface area (Å²) in [7, 11) is 0. The highest BCUT2D eigenvalue weighted by atomic mass is 15.3. The average Bonchev–Trinajstić information content (AvgIpc) is 3.28. The fraction of sp³-hybridized carbons (Fsp3) is 0.250. The van der Waals surface area contributed by atoms with Crippen LogP contribution in [0.2, 0.25) is 0 Å². The Morgan fingerprint density at radius 3 is 2.52 bits per heavy atom. The van der Waals surface area contributed by atoms with Crippen molar-refractivity contribution in [3.63, 3.8) is 0 Å². The van der Waals surface area contributed by atoms with E-state index in [1.165, 1.54) is 45.3 Å². The lowest BCUT2D eigenvalue weighted by Gasteiger charge is -2.15. The summed E-state index contributed by atoms with van der Waals surface area (Å²) in [6.45, 7) is 6.53. The molecule has 0 N–H and O–H groups in total. The molecule has 0 atom stereocenters. The van der Waals surface area contributed by atoms with E-state index in [0.29, 0.717) is 0 Å². The van der Waals surface area contributed by atoms with Crippen LogP contribution in [0.25, 0.3) is 27.8 Å². The summed E-state index contributed by atoms with van der Waals surface area (Å²) in [4.78, 5) is 5.09. The number of aromatic nitrogens is 3. The normalized spacial score (nSPS) is 13.3. The van der Waals surface area contributed by atoms with Gasteiger partial charge in [-0.05, 0) is 80.0 Å². The van der Waals surface area contributed by atoms with Crippen molar-refractivity contribution in [3.05, 3.63) is 76.6 Å². The molecule has 0 fully saturated rings. The molecule has 0 spiro atoms. The van der Waals surface area contributed by atoms with E-state index < -0.39 is 0 Å². The van der Waals surface area contributed by atoms with Crippen molar-refractivity contribution in [1.82, 2.24) is 14.8 Å². The van der Waals surface area contributed by atoms with Crippen LogP contribution in [-0.4, -0.2) is 14.8 Å². The van der Waals surface area contributed by atoms with E-state index in [2.05, 4.69) is 63.2 Å².